The first kappa shape index (κ1) is 16.9. The second-order valence-corrected chi connectivity index (χ2v) is 5.91. The molecule has 3 N–H and O–H groups in total. The summed E-state index contributed by atoms with van der Waals surface area (Å²) in [6, 6.07) is 0. The molecule has 0 bridgehead atoms. The van der Waals surface area contributed by atoms with Crippen LogP contribution in [0.1, 0.15) is 19.2 Å². The second kappa shape index (κ2) is 8.26. The first-order chi connectivity index (χ1) is 10.6. The standard InChI is InChI=1S/C15H26N4O3/c1-12(13(20)11-14(16)21)10-15-17-2-3-19(15)5-4-18-6-8-22-9-7-18/h2-3,12-13,20H,4-11H2,1H3,(H2,16,21)/t12-,13+/m1/s1. The number of amides is 1. The normalized spacial score (nSPS) is 19.0. The van der Waals surface area contributed by atoms with E-state index in [9.17, 15) is 9.90 Å². The molecule has 22 heavy (non-hydrogen) atoms. The molecule has 2 atom stereocenters. The minimum Gasteiger partial charge on any atom is -0.392 e. The Labute approximate surface area is 131 Å². The third-order valence-corrected chi connectivity index (χ3v) is 4.13. The van der Waals surface area contributed by atoms with Gasteiger partial charge in [-0.25, -0.2) is 4.98 Å². The summed E-state index contributed by atoms with van der Waals surface area (Å²) >= 11 is 0. The van der Waals surface area contributed by atoms with Crippen LogP contribution in [-0.4, -0.2) is 64.4 Å². The highest BCUT2D eigenvalue weighted by Gasteiger charge is 2.19. The third-order valence-electron chi connectivity index (χ3n) is 4.13. The molecule has 0 aromatic carbocycles. The van der Waals surface area contributed by atoms with Crippen molar-refractivity contribution >= 4 is 5.91 Å². The van der Waals surface area contributed by atoms with Crippen molar-refractivity contribution in [3.63, 3.8) is 0 Å². The fourth-order valence-electron chi connectivity index (χ4n) is 2.64. The maximum atomic E-state index is 10.9. The van der Waals surface area contributed by atoms with E-state index in [1.54, 1.807) is 6.20 Å². The number of rotatable bonds is 8. The van der Waals surface area contributed by atoms with E-state index in [1.807, 2.05) is 13.1 Å². The number of hydrogen-bond acceptors (Lipinski definition) is 5. The summed E-state index contributed by atoms with van der Waals surface area (Å²) in [5, 5.41) is 9.95. The Balaban J connectivity index is 1.84. The zero-order chi connectivity index (χ0) is 15.9. The SMILES string of the molecule is C[C@H](Cc1nccn1CCN1CCOCC1)[C@@H](O)CC(N)=O. The quantitative estimate of drug-likeness (QED) is 0.683. The van der Waals surface area contributed by atoms with Crippen LogP contribution in [0.15, 0.2) is 12.4 Å². The van der Waals surface area contributed by atoms with Crippen LogP contribution in [0.2, 0.25) is 0 Å². The van der Waals surface area contributed by atoms with Gasteiger partial charge in [0.15, 0.2) is 0 Å². The molecule has 1 fully saturated rings. The lowest BCUT2D eigenvalue weighted by Gasteiger charge is -2.27. The van der Waals surface area contributed by atoms with Crippen LogP contribution in [0.5, 0.6) is 0 Å². The Morgan fingerprint density at radius 1 is 1.45 bits per heavy atom. The highest BCUT2D eigenvalue weighted by atomic mass is 16.5. The van der Waals surface area contributed by atoms with Crippen molar-refractivity contribution in [2.75, 3.05) is 32.8 Å². The molecule has 1 aromatic rings. The topological polar surface area (TPSA) is 93.6 Å². The molecule has 0 aliphatic carbocycles. The van der Waals surface area contributed by atoms with E-state index in [1.165, 1.54) is 0 Å². The Morgan fingerprint density at radius 3 is 2.86 bits per heavy atom. The van der Waals surface area contributed by atoms with Gasteiger partial charge in [0.25, 0.3) is 0 Å². The van der Waals surface area contributed by atoms with Gasteiger partial charge in [0, 0.05) is 45.0 Å². The smallest absolute Gasteiger partial charge is 0.220 e. The lowest BCUT2D eigenvalue weighted by Crippen LogP contribution is -2.38. The number of ether oxygens (including phenoxy) is 1. The number of imidazole rings is 1. The van der Waals surface area contributed by atoms with E-state index in [0.717, 1.165) is 45.2 Å². The number of aliphatic hydroxyl groups excluding tert-OH is 1. The maximum absolute atomic E-state index is 10.9. The monoisotopic (exact) mass is 310 g/mol. The molecule has 1 saturated heterocycles. The molecule has 1 aliphatic rings. The van der Waals surface area contributed by atoms with Crippen molar-refractivity contribution in [1.82, 2.24) is 14.5 Å². The van der Waals surface area contributed by atoms with Crippen LogP contribution in [0.3, 0.4) is 0 Å². The van der Waals surface area contributed by atoms with E-state index in [4.69, 9.17) is 10.5 Å². The molecule has 2 rings (SSSR count). The highest BCUT2D eigenvalue weighted by Crippen LogP contribution is 2.13. The van der Waals surface area contributed by atoms with Crippen LogP contribution in [0, 0.1) is 5.92 Å². The molecule has 7 nitrogen and oxygen atoms in total. The summed E-state index contributed by atoms with van der Waals surface area (Å²) < 4.78 is 7.46. The first-order valence-electron chi connectivity index (χ1n) is 7.82. The minimum atomic E-state index is -0.720. The van der Waals surface area contributed by atoms with Crippen molar-refractivity contribution < 1.29 is 14.6 Å². The summed E-state index contributed by atoms with van der Waals surface area (Å²) in [7, 11) is 0. The van der Waals surface area contributed by atoms with Gasteiger partial charge in [0.1, 0.15) is 5.82 Å². The molecule has 1 aromatic heterocycles. The van der Waals surface area contributed by atoms with Gasteiger partial charge in [-0.3, -0.25) is 9.69 Å². The fourth-order valence-corrected chi connectivity index (χ4v) is 2.64. The van der Waals surface area contributed by atoms with Crippen molar-refractivity contribution in [2.24, 2.45) is 11.7 Å². The second-order valence-electron chi connectivity index (χ2n) is 5.91. The predicted molar refractivity (Wildman–Crippen MR) is 82.2 cm³/mol. The Kier molecular flexibility index (Phi) is 6.35. The van der Waals surface area contributed by atoms with Gasteiger partial charge in [-0.2, -0.15) is 0 Å². The minimum absolute atomic E-state index is 0.00431. The molecule has 124 valence electrons. The number of aromatic nitrogens is 2. The summed E-state index contributed by atoms with van der Waals surface area (Å²) in [4.78, 5) is 17.6. The van der Waals surface area contributed by atoms with Gasteiger partial charge in [-0.15, -0.1) is 0 Å². The first-order valence-corrected chi connectivity index (χ1v) is 7.82. The number of nitrogens with two attached hydrogens (primary N) is 1. The number of hydrogen-bond donors (Lipinski definition) is 2. The van der Waals surface area contributed by atoms with Gasteiger partial charge in [0.05, 0.1) is 25.7 Å². The average Bonchev–Trinajstić information content (AvgIpc) is 2.92. The van der Waals surface area contributed by atoms with Crippen molar-refractivity contribution in [2.45, 2.75) is 32.4 Å². The Hall–Kier alpha value is -1.44. The molecular formula is C15H26N4O3. The molecular weight excluding hydrogens is 284 g/mol. The van der Waals surface area contributed by atoms with Crippen LogP contribution >= 0.6 is 0 Å². The molecule has 2 heterocycles. The van der Waals surface area contributed by atoms with Gasteiger partial charge >= 0.3 is 0 Å². The van der Waals surface area contributed by atoms with E-state index >= 15 is 0 Å². The van der Waals surface area contributed by atoms with E-state index < -0.39 is 12.0 Å². The van der Waals surface area contributed by atoms with Gasteiger partial charge < -0.3 is 20.1 Å². The largest absolute Gasteiger partial charge is 0.392 e. The number of primary amides is 1. The molecule has 0 unspecified atom stereocenters. The molecule has 7 heteroatoms. The zero-order valence-corrected chi connectivity index (χ0v) is 13.1. The van der Waals surface area contributed by atoms with Gasteiger partial charge in [-0.1, -0.05) is 6.92 Å². The van der Waals surface area contributed by atoms with Crippen LogP contribution in [0.25, 0.3) is 0 Å². The number of carbonyl (C=O) groups excluding carboxylic acids is 1. The van der Waals surface area contributed by atoms with E-state index in [-0.39, 0.29) is 12.3 Å². The van der Waals surface area contributed by atoms with E-state index in [2.05, 4.69) is 14.5 Å². The Morgan fingerprint density at radius 2 is 2.18 bits per heavy atom. The molecule has 0 spiro atoms. The van der Waals surface area contributed by atoms with Crippen molar-refractivity contribution in [3.8, 4) is 0 Å². The Bertz CT molecular complexity index is 471. The predicted octanol–water partition coefficient (Wildman–Crippen LogP) is -0.370. The van der Waals surface area contributed by atoms with Crippen LogP contribution < -0.4 is 5.73 Å². The van der Waals surface area contributed by atoms with Crippen molar-refractivity contribution in [1.29, 1.82) is 0 Å². The molecule has 1 amide bonds. The highest BCUT2D eigenvalue weighted by molar-refractivity contribution is 5.74. The van der Waals surface area contributed by atoms with Gasteiger partial charge in [-0.05, 0) is 5.92 Å². The number of carbonyl (C=O) groups is 1. The lowest BCUT2D eigenvalue weighted by molar-refractivity contribution is -0.120. The number of aliphatic hydroxyl groups is 1. The summed E-state index contributed by atoms with van der Waals surface area (Å²) in [6.45, 7) is 7.28. The fraction of sp³-hybridized carbons (Fsp3) is 0.733. The van der Waals surface area contributed by atoms with E-state index in [0.29, 0.717) is 6.42 Å². The molecule has 1 aliphatic heterocycles. The third kappa shape index (κ3) is 5.08. The zero-order valence-electron chi connectivity index (χ0n) is 13.1. The van der Waals surface area contributed by atoms with Crippen molar-refractivity contribution in [3.05, 3.63) is 18.2 Å². The summed E-state index contributed by atoms with van der Waals surface area (Å²) in [5.41, 5.74) is 5.13. The summed E-state index contributed by atoms with van der Waals surface area (Å²) in [6.07, 6.45) is 3.65. The van der Waals surface area contributed by atoms with Crippen LogP contribution in [-0.2, 0) is 22.5 Å². The number of nitrogens with zero attached hydrogens (tertiary/aromatic N) is 3. The molecule has 0 saturated carbocycles. The van der Waals surface area contributed by atoms with Gasteiger partial charge in [0.2, 0.25) is 5.91 Å². The maximum Gasteiger partial charge on any atom is 0.220 e. The van der Waals surface area contributed by atoms with Crippen LogP contribution in [0.4, 0.5) is 0 Å². The number of morpholine rings is 1. The average molecular weight is 310 g/mol. The lowest BCUT2D eigenvalue weighted by atomic mass is 9.98. The summed E-state index contributed by atoms with van der Waals surface area (Å²) in [5.74, 6) is 0.399. The molecule has 0 radical (unpaired) electrons.